The van der Waals surface area contributed by atoms with Crippen LogP contribution in [0.2, 0.25) is 0 Å². The zero-order valence-electron chi connectivity index (χ0n) is 7.25. The molecule has 0 saturated carbocycles. The molecule has 14 heavy (non-hydrogen) atoms. The van der Waals surface area contributed by atoms with Crippen LogP contribution in [0.15, 0.2) is 22.8 Å². The van der Waals surface area contributed by atoms with Crippen LogP contribution in [0.25, 0.3) is 0 Å². The van der Waals surface area contributed by atoms with Crippen molar-refractivity contribution in [3.8, 4) is 0 Å². The van der Waals surface area contributed by atoms with Crippen molar-refractivity contribution in [3.63, 3.8) is 0 Å². The van der Waals surface area contributed by atoms with Gasteiger partial charge in [-0.1, -0.05) is 0 Å². The molecule has 2 aromatic rings. The number of hydrogen-bond acceptors (Lipinski definition) is 5. The zero-order valence-corrected chi connectivity index (χ0v) is 8.88. The van der Waals surface area contributed by atoms with Crippen molar-refractivity contribution in [3.05, 3.63) is 28.3 Å². The van der Waals surface area contributed by atoms with Crippen LogP contribution < -0.4 is 4.80 Å². The van der Waals surface area contributed by atoms with Gasteiger partial charge in [-0.05, 0) is 0 Å². The zero-order chi connectivity index (χ0) is 9.97. The second kappa shape index (κ2) is 3.81. The van der Waals surface area contributed by atoms with Gasteiger partial charge < -0.3 is 4.57 Å². The third-order valence-corrected chi connectivity index (χ3v) is 2.86. The van der Waals surface area contributed by atoms with Crippen molar-refractivity contribution in [1.29, 1.82) is 0 Å². The van der Waals surface area contributed by atoms with Gasteiger partial charge in [0.25, 0.3) is 0 Å². The van der Waals surface area contributed by atoms with Crippen molar-refractivity contribution < 1.29 is 4.79 Å². The first-order chi connectivity index (χ1) is 6.77. The molecule has 0 fully saturated rings. The quantitative estimate of drug-likeness (QED) is 0.718. The molecule has 1 amide bonds. The van der Waals surface area contributed by atoms with Gasteiger partial charge >= 0.3 is 5.91 Å². The van der Waals surface area contributed by atoms with E-state index in [-0.39, 0.29) is 5.91 Å². The van der Waals surface area contributed by atoms with E-state index in [9.17, 15) is 4.79 Å². The Morgan fingerprint density at radius 3 is 3.07 bits per heavy atom. The summed E-state index contributed by atoms with van der Waals surface area (Å²) in [6.07, 6.45) is 3.26. The van der Waals surface area contributed by atoms with Crippen molar-refractivity contribution in [2.45, 2.75) is 0 Å². The first kappa shape index (κ1) is 9.22. The Morgan fingerprint density at radius 2 is 2.50 bits per heavy atom. The third kappa shape index (κ3) is 1.78. The van der Waals surface area contributed by atoms with Gasteiger partial charge in [0, 0.05) is 18.6 Å². The summed E-state index contributed by atoms with van der Waals surface area (Å²) >= 11 is 2.41. The van der Waals surface area contributed by atoms with E-state index < -0.39 is 0 Å². The summed E-state index contributed by atoms with van der Waals surface area (Å²) in [4.78, 5) is 16.0. The third-order valence-electron chi connectivity index (χ3n) is 1.54. The van der Waals surface area contributed by atoms with Crippen LogP contribution in [0.4, 0.5) is 0 Å². The fourth-order valence-corrected chi connectivity index (χ4v) is 1.97. The van der Waals surface area contributed by atoms with Gasteiger partial charge in [0.05, 0.1) is 17.9 Å². The van der Waals surface area contributed by atoms with E-state index in [4.69, 9.17) is 0 Å². The SMILES string of the molecule is Cn1ccsc1=NC(=O)c1cnsn1. The number of amides is 1. The Balaban J connectivity index is 2.37. The fourth-order valence-electron chi connectivity index (χ4n) is 0.838. The van der Waals surface area contributed by atoms with Crippen LogP contribution in [-0.4, -0.2) is 19.2 Å². The Kier molecular flexibility index (Phi) is 2.51. The summed E-state index contributed by atoms with van der Waals surface area (Å²) in [5, 5.41) is 1.87. The van der Waals surface area contributed by atoms with Crippen molar-refractivity contribution in [1.82, 2.24) is 13.3 Å². The lowest BCUT2D eigenvalue weighted by Crippen LogP contribution is -2.12. The highest BCUT2D eigenvalue weighted by Gasteiger charge is 2.06. The molecule has 0 aliphatic rings. The molecule has 2 heterocycles. The van der Waals surface area contributed by atoms with E-state index in [1.807, 2.05) is 18.6 Å². The average Bonchev–Trinajstić information content (AvgIpc) is 2.77. The molecule has 0 aliphatic carbocycles. The number of hydrogen-bond donors (Lipinski definition) is 0. The normalized spacial score (nSPS) is 11.9. The first-order valence-electron chi connectivity index (χ1n) is 3.74. The summed E-state index contributed by atoms with van der Waals surface area (Å²) < 4.78 is 9.33. The van der Waals surface area contributed by atoms with Gasteiger partial charge in [0.15, 0.2) is 10.5 Å². The number of nitrogens with zero attached hydrogens (tertiary/aromatic N) is 4. The largest absolute Gasteiger partial charge is 0.327 e. The highest BCUT2D eigenvalue weighted by atomic mass is 32.1. The van der Waals surface area contributed by atoms with Crippen LogP contribution >= 0.6 is 23.1 Å². The topological polar surface area (TPSA) is 60.1 Å². The van der Waals surface area contributed by atoms with Gasteiger partial charge in [-0.2, -0.15) is 13.7 Å². The summed E-state index contributed by atoms with van der Waals surface area (Å²) in [5.74, 6) is -0.350. The number of rotatable bonds is 1. The molecule has 0 aliphatic heterocycles. The molecular weight excluding hydrogens is 220 g/mol. The molecule has 2 rings (SSSR count). The standard InChI is InChI=1S/C7H6N4OS2/c1-11-2-3-13-7(11)9-6(12)5-4-8-14-10-5/h2-4H,1H3. The van der Waals surface area contributed by atoms with Crippen LogP contribution in [0.1, 0.15) is 10.5 Å². The summed E-state index contributed by atoms with van der Waals surface area (Å²) in [5.41, 5.74) is 0.295. The van der Waals surface area contributed by atoms with E-state index in [1.54, 1.807) is 4.57 Å². The Labute approximate surface area is 87.7 Å². The predicted octanol–water partition coefficient (Wildman–Crippen LogP) is 0.679. The monoisotopic (exact) mass is 226 g/mol. The number of aryl methyl sites for hydroxylation is 1. The minimum absolute atomic E-state index is 0.295. The Morgan fingerprint density at radius 1 is 1.64 bits per heavy atom. The van der Waals surface area contributed by atoms with Gasteiger partial charge in [0.2, 0.25) is 0 Å². The van der Waals surface area contributed by atoms with Crippen LogP contribution in [0, 0.1) is 0 Å². The lowest BCUT2D eigenvalue weighted by Gasteiger charge is -1.88. The predicted molar refractivity (Wildman–Crippen MR) is 53.1 cm³/mol. The van der Waals surface area contributed by atoms with E-state index in [0.29, 0.717) is 10.5 Å². The lowest BCUT2D eigenvalue weighted by molar-refractivity contribution is 0.0994. The lowest BCUT2D eigenvalue weighted by atomic mass is 10.5. The van der Waals surface area contributed by atoms with E-state index >= 15 is 0 Å². The molecule has 0 unspecified atom stereocenters. The highest BCUT2D eigenvalue weighted by molar-refractivity contribution is 7.07. The Bertz CT molecular complexity index is 496. The molecule has 0 radical (unpaired) electrons. The smallest absolute Gasteiger partial charge is 0.301 e. The fraction of sp³-hybridized carbons (Fsp3) is 0.143. The molecule has 0 aromatic carbocycles. The molecule has 72 valence electrons. The molecule has 0 atom stereocenters. The van der Waals surface area contributed by atoms with Gasteiger partial charge in [-0.15, -0.1) is 11.3 Å². The highest BCUT2D eigenvalue weighted by Crippen LogP contribution is 1.97. The van der Waals surface area contributed by atoms with Crippen LogP contribution in [0.3, 0.4) is 0 Å². The van der Waals surface area contributed by atoms with E-state index in [0.717, 1.165) is 11.7 Å². The Hall–Kier alpha value is -1.34. The van der Waals surface area contributed by atoms with Crippen molar-refractivity contribution in [2.75, 3.05) is 0 Å². The molecular formula is C7H6N4OS2. The summed E-state index contributed by atoms with van der Waals surface area (Å²) in [6, 6.07) is 0. The maximum absolute atomic E-state index is 11.5. The van der Waals surface area contributed by atoms with Gasteiger partial charge in [0.1, 0.15) is 0 Å². The van der Waals surface area contributed by atoms with E-state index in [2.05, 4.69) is 13.7 Å². The molecule has 5 nitrogen and oxygen atoms in total. The van der Waals surface area contributed by atoms with Crippen molar-refractivity contribution >= 4 is 29.0 Å². The second-order valence-corrected chi connectivity index (χ2v) is 3.94. The molecule has 0 spiro atoms. The van der Waals surface area contributed by atoms with Crippen LogP contribution in [0.5, 0.6) is 0 Å². The molecule has 0 bridgehead atoms. The number of carbonyl (C=O) groups is 1. The van der Waals surface area contributed by atoms with E-state index in [1.165, 1.54) is 17.5 Å². The maximum atomic E-state index is 11.5. The molecule has 7 heteroatoms. The number of aromatic nitrogens is 3. The first-order valence-corrected chi connectivity index (χ1v) is 5.35. The minimum atomic E-state index is -0.350. The van der Waals surface area contributed by atoms with Gasteiger partial charge in [-0.3, -0.25) is 4.79 Å². The maximum Gasteiger partial charge on any atom is 0.301 e. The summed E-state index contributed by atoms with van der Waals surface area (Å²) in [6.45, 7) is 0. The second-order valence-electron chi connectivity index (χ2n) is 2.51. The molecule has 2 aromatic heterocycles. The average molecular weight is 226 g/mol. The minimum Gasteiger partial charge on any atom is -0.327 e. The van der Waals surface area contributed by atoms with Crippen molar-refractivity contribution in [2.24, 2.45) is 12.0 Å². The number of carbonyl (C=O) groups excluding carboxylic acids is 1. The number of thiazole rings is 1. The molecule has 0 saturated heterocycles. The van der Waals surface area contributed by atoms with Crippen LogP contribution in [-0.2, 0) is 7.05 Å². The summed E-state index contributed by atoms with van der Waals surface area (Å²) in [7, 11) is 1.84. The van der Waals surface area contributed by atoms with Gasteiger partial charge in [-0.25, -0.2) is 0 Å². The molecule has 0 N–H and O–H groups in total.